The normalized spacial score (nSPS) is 11.0. The number of benzene rings is 3. The van der Waals surface area contributed by atoms with Crippen LogP contribution in [0.2, 0.25) is 13.1 Å². The molecule has 0 aliphatic carbocycles. The monoisotopic (exact) mass is 702 g/mol. The van der Waals surface area contributed by atoms with Gasteiger partial charge in [0.15, 0.2) is 0 Å². The van der Waals surface area contributed by atoms with Crippen LogP contribution in [-0.2, 0) is 34.2 Å². The van der Waals surface area contributed by atoms with E-state index in [4.69, 9.17) is 0 Å². The van der Waals surface area contributed by atoms with Gasteiger partial charge in [-0.2, -0.15) is 12.1 Å². The zero-order valence-electron chi connectivity index (χ0n) is 29.6. The molecule has 5 aromatic carbocycles. The molecule has 5 rings (SSSR count). The second-order valence-corrected chi connectivity index (χ2v) is 23.7. The van der Waals surface area contributed by atoms with Gasteiger partial charge in [-0.3, -0.25) is 0 Å². The average molecular weight is 705 g/mol. The molecule has 0 aromatic heterocycles. The van der Waals surface area contributed by atoms with E-state index in [9.17, 15) is 5.11 Å². The van der Waals surface area contributed by atoms with Crippen LogP contribution in [-0.4, -0.2) is 5.43 Å². The molecular formula is C40H53ClOSiZr-2. The first-order valence-electron chi connectivity index (χ1n) is 15.3. The molecule has 0 saturated heterocycles. The number of rotatable bonds is 0. The van der Waals surface area contributed by atoms with E-state index in [2.05, 4.69) is 151 Å². The Morgan fingerprint density at radius 2 is 0.955 bits per heavy atom. The van der Waals surface area contributed by atoms with Crippen molar-refractivity contribution in [2.45, 2.75) is 107 Å². The summed E-state index contributed by atoms with van der Waals surface area (Å²) in [6, 6.07) is 23.5. The van der Waals surface area contributed by atoms with Crippen LogP contribution < -0.4 is 17.5 Å². The van der Waals surface area contributed by atoms with E-state index in [1.165, 1.54) is 60.5 Å². The Balaban J connectivity index is 0.000000309. The van der Waals surface area contributed by atoms with Crippen molar-refractivity contribution in [3.63, 3.8) is 0 Å². The first-order valence-corrected chi connectivity index (χ1v) is 21.5. The molecule has 5 aromatic rings. The third-order valence-electron chi connectivity index (χ3n) is 7.59. The number of aryl methyl sites for hydroxylation is 6. The Bertz CT molecular complexity index is 1520. The van der Waals surface area contributed by atoms with Crippen molar-refractivity contribution in [3.8, 4) is 5.75 Å². The van der Waals surface area contributed by atoms with Gasteiger partial charge >= 0.3 is 41.9 Å². The Morgan fingerprint density at radius 1 is 0.591 bits per heavy atom. The van der Waals surface area contributed by atoms with Crippen LogP contribution in [0.3, 0.4) is 0 Å². The molecule has 0 bridgehead atoms. The van der Waals surface area contributed by atoms with E-state index in [1.807, 2.05) is 6.07 Å². The zero-order valence-corrected chi connectivity index (χ0v) is 33.9. The standard InChI is InChI=1S/C14H22O.2C12H13.C2H6Si.ClH.Zr/c1-13(2,3)10-7-8-12(15)11(9-10)14(4,5)6;2*1-8-6-11-9(2)4-5-10(3)12(11)7-8;1-3-2;;/h7-9,15H,1-6H3;2*4-7H,1-3H3;1-2H3;1H;/q;2*-1;;;+2/p-2. The van der Waals surface area contributed by atoms with Crippen molar-refractivity contribution in [3.05, 3.63) is 111 Å². The average Bonchev–Trinajstić information content (AvgIpc) is 3.47. The van der Waals surface area contributed by atoms with Gasteiger partial charge < -0.3 is 17.5 Å². The molecule has 0 unspecified atom stereocenters. The summed E-state index contributed by atoms with van der Waals surface area (Å²) in [4.78, 5) is 0. The largest absolute Gasteiger partial charge is 1.00 e. The predicted octanol–water partition coefficient (Wildman–Crippen LogP) is 8.11. The van der Waals surface area contributed by atoms with Crippen LogP contribution in [0.4, 0.5) is 0 Å². The summed E-state index contributed by atoms with van der Waals surface area (Å²) >= 11 is 1.74. The second-order valence-electron chi connectivity index (χ2n) is 14.3. The summed E-state index contributed by atoms with van der Waals surface area (Å²) in [6.07, 6.45) is 0. The molecule has 0 spiro atoms. The molecule has 0 N–H and O–H groups in total. The molecule has 0 radical (unpaired) electrons. The third kappa shape index (κ3) is 11.5. The van der Waals surface area contributed by atoms with Crippen molar-refractivity contribution in [1.82, 2.24) is 0 Å². The van der Waals surface area contributed by atoms with E-state index in [-0.39, 0.29) is 34.4 Å². The van der Waals surface area contributed by atoms with Crippen LogP contribution in [0.15, 0.2) is 66.7 Å². The summed E-state index contributed by atoms with van der Waals surface area (Å²) in [6.45, 7) is 30.3. The fourth-order valence-corrected chi connectivity index (χ4v) is 5.05. The van der Waals surface area contributed by atoms with Crippen molar-refractivity contribution in [2.24, 2.45) is 0 Å². The van der Waals surface area contributed by atoms with Gasteiger partial charge in [0.2, 0.25) is 0 Å². The maximum Gasteiger partial charge on any atom is -0.0488 e. The molecule has 0 amide bonds. The van der Waals surface area contributed by atoms with Crippen LogP contribution in [0.25, 0.3) is 21.5 Å². The van der Waals surface area contributed by atoms with Gasteiger partial charge in [-0.05, 0) is 30.2 Å². The summed E-state index contributed by atoms with van der Waals surface area (Å²) in [7, 11) is 0. The Kier molecular flexibility index (Phi) is 15.1. The van der Waals surface area contributed by atoms with Gasteiger partial charge in [0.05, 0.1) is 0 Å². The molecule has 44 heavy (non-hydrogen) atoms. The fraction of sp³-hybridized carbons (Fsp3) is 0.400. The van der Waals surface area contributed by atoms with Crippen LogP contribution in [0.1, 0.15) is 86.1 Å². The summed E-state index contributed by atoms with van der Waals surface area (Å²) in [5.41, 5.74) is 10.6. The Labute approximate surface area is 290 Å². The molecule has 0 fully saturated rings. The predicted molar refractivity (Wildman–Crippen MR) is 188 cm³/mol. The zero-order chi connectivity index (χ0) is 32.9. The van der Waals surface area contributed by atoms with E-state index in [0.717, 1.165) is 5.56 Å². The van der Waals surface area contributed by atoms with Gasteiger partial charge in [-0.25, -0.2) is 0 Å². The van der Waals surface area contributed by atoms with Crippen molar-refractivity contribution >= 4 is 27.0 Å². The number of halogens is 1. The molecular weight excluding hydrogens is 651 g/mol. The van der Waals surface area contributed by atoms with Crippen molar-refractivity contribution in [2.75, 3.05) is 0 Å². The smallest absolute Gasteiger partial charge is 0.0488 e. The molecule has 0 atom stereocenters. The van der Waals surface area contributed by atoms with E-state index in [0.29, 0.717) is 0 Å². The Hall–Kier alpha value is -1.93. The topological polar surface area (TPSA) is 23.1 Å². The SMILES string of the molecule is CC(C)(C)c1ccc([O-])c(C(C)(C)C)c1.C[Si](C)=[Zr+2].Cc1cc2c(C)ccc(C)c2[cH-]1.Cc1cc2c(C)ccc(C)c2[cH-]1.[Cl-]. The molecule has 1 nitrogen and oxygen atoms in total. The van der Waals surface area contributed by atoms with Crippen LogP contribution in [0.5, 0.6) is 5.75 Å². The van der Waals surface area contributed by atoms with Crippen molar-refractivity contribution < 1.29 is 40.8 Å². The van der Waals surface area contributed by atoms with Crippen molar-refractivity contribution in [1.29, 1.82) is 0 Å². The molecule has 236 valence electrons. The maximum absolute atomic E-state index is 11.7. The maximum atomic E-state index is 11.7. The van der Waals surface area contributed by atoms with Gasteiger partial charge in [0, 0.05) is 0 Å². The first-order chi connectivity index (χ1) is 19.7. The quantitative estimate of drug-likeness (QED) is 0.118. The van der Waals surface area contributed by atoms with Gasteiger partial charge in [0.1, 0.15) is 0 Å². The minimum absolute atomic E-state index is 0. The molecule has 0 heterocycles. The molecule has 0 aliphatic rings. The minimum atomic E-state index is -0.0711. The summed E-state index contributed by atoms with van der Waals surface area (Å²) < 4.78 is 0. The Morgan fingerprint density at radius 3 is 1.27 bits per heavy atom. The first kappa shape index (κ1) is 40.1. The number of hydrogen-bond donors (Lipinski definition) is 0. The van der Waals surface area contributed by atoms with Crippen LogP contribution in [0, 0.1) is 41.5 Å². The second kappa shape index (κ2) is 16.6. The summed E-state index contributed by atoms with van der Waals surface area (Å²) in [5.74, 6) is 0.149. The molecule has 4 heteroatoms. The van der Waals surface area contributed by atoms with E-state index >= 15 is 0 Å². The van der Waals surface area contributed by atoms with Gasteiger partial charge in [-0.15, -0.1) is 73.8 Å². The van der Waals surface area contributed by atoms with Gasteiger partial charge in [-0.1, -0.05) is 116 Å². The summed E-state index contributed by atoms with van der Waals surface area (Å²) in [5, 5.41) is 17.4. The van der Waals surface area contributed by atoms with E-state index < -0.39 is 0 Å². The fourth-order valence-electron chi connectivity index (χ4n) is 5.05. The van der Waals surface area contributed by atoms with E-state index in [1.54, 1.807) is 29.4 Å². The van der Waals surface area contributed by atoms with Gasteiger partial charge in [0.25, 0.3) is 0 Å². The number of fused-ring (bicyclic) bond motifs is 2. The van der Waals surface area contributed by atoms with Crippen LogP contribution >= 0.6 is 0 Å². The molecule has 0 saturated carbocycles. The molecule has 0 aliphatic heterocycles. The third-order valence-corrected chi connectivity index (χ3v) is 7.59. The number of hydrogen-bond acceptors (Lipinski definition) is 1. The minimum Gasteiger partial charge on any atom is -1.00 e.